The molecule has 0 radical (unpaired) electrons. The van der Waals surface area contributed by atoms with Gasteiger partial charge in [0, 0.05) is 13.6 Å². The number of amides is 3. The first kappa shape index (κ1) is 18.8. The van der Waals surface area contributed by atoms with Crippen LogP contribution in [0.4, 0.5) is 4.79 Å². The highest BCUT2D eigenvalue weighted by Crippen LogP contribution is 2.29. The lowest BCUT2D eigenvalue weighted by Gasteiger charge is -2.36. The molecule has 0 spiro atoms. The van der Waals surface area contributed by atoms with Gasteiger partial charge in [-0.25, -0.2) is 4.79 Å². The Bertz CT molecular complexity index is 647. The fourth-order valence-corrected chi connectivity index (χ4v) is 2.97. The standard InChI is InChI=1S/C18H25N3O4/c1-4-25-17(23)11-19-18(24)20(3)12-16(22)21-10-9-14-7-5-6-8-15(14)13(21)2/h5-8,13H,4,9-12H2,1-3H3,(H,19,24). The molecule has 1 unspecified atom stereocenters. The molecule has 0 saturated carbocycles. The Morgan fingerprint density at radius 1 is 1.32 bits per heavy atom. The third-order valence-electron chi connectivity index (χ3n) is 4.32. The normalized spacial score (nSPS) is 16.0. The van der Waals surface area contributed by atoms with Gasteiger partial charge in [-0.05, 0) is 31.4 Å². The molecule has 2 rings (SSSR count). The summed E-state index contributed by atoms with van der Waals surface area (Å²) in [7, 11) is 1.53. The SMILES string of the molecule is CCOC(=O)CNC(=O)N(C)CC(=O)N1CCc2ccccc2C1C. The van der Waals surface area contributed by atoms with Crippen molar-refractivity contribution in [2.24, 2.45) is 0 Å². The quantitative estimate of drug-likeness (QED) is 0.815. The molecule has 1 aromatic carbocycles. The molecule has 1 aliphatic rings. The van der Waals surface area contributed by atoms with Crippen LogP contribution >= 0.6 is 0 Å². The highest BCUT2D eigenvalue weighted by atomic mass is 16.5. The van der Waals surface area contributed by atoms with Crippen molar-refractivity contribution < 1.29 is 19.1 Å². The number of benzene rings is 1. The second kappa shape index (κ2) is 8.50. The van der Waals surface area contributed by atoms with Gasteiger partial charge in [-0.15, -0.1) is 0 Å². The number of carbonyl (C=O) groups excluding carboxylic acids is 3. The second-order valence-electron chi connectivity index (χ2n) is 6.03. The van der Waals surface area contributed by atoms with Crippen molar-refractivity contribution in [3.05, 3.63) is 35.4 Å². The zero-order valence-corrected chi connectivity index (χ0v) is 14.9. The average Bonchev–Trinajstić information content (AvgIpc) is 2.60. The lowest BCUT2D eigenvalue weighted by atomic mass is 9.93. The number of rotatable bonds is 5. The molecule has 1 heterocycles. The number of urea groups is 1. The van der Waals surface area contributed by atoms with Crippen LogP contribution in [-0.4, -0.2) is 61.0 Å². The van der Waals surface area contributed by atoms with E-state index in [1.54, 1.807) is 11.8 Å². The largest absolute Gasteiger partial charge is 0.465 e. The lowest BCUT2D eigenvalue weighted by Crippen LogP contribution is -2.47. The first-order valence-corrected chi connectivity index (χ1v) is 8.45. The van der Waals surface area contributed by atoms with Crippen molar-refractivity contribution in [2.75, 3.05) is 33.3 Å². The topological polar surface area (TPSA) is 79.0 Å². The van der Waals surface area contributed by atoms with E-state index in [0.717, 1.165) is 12.0 Å². The van der Waals surface area contributed by atoms with Gasteiger partial charge in [-0.1, -0.05) is 24.3 Å². The Morgan fingerprint density at radius 2 is 2.04 bits per heavy atom. The van der Waals surface area contributed by atoms with Crippen LogP contribution in [0.15, 0.2) is 24.3 Å². The number of fused-ring (bicyclic) bond motifs is 1. The van der Waals surface area contributed by atoms with E-state index in [0.29, 0.717) is 6.54 Å². The van der Waals surface area contributed by atoms with Gasteiger partial charge in [0.25, 0.3) is 0 Å². The summed E-state index contributed by atoms with van der Waals surface area (Å²) in [5.41, 5.74) is 2.41. The van der Waals surface area contributed by atoms with Crippen LogP contribution in [0.25, 0.3) is 0 Å². The minimum absolute atomic E-state index is 0.0200. The maximum atomic E-state index is 12.6. The van der Waals surface area contributed by atoms with Crippen LogP contribution in [0.2, 0.25) is 0 Å². The molecular formula is C18H25N3O4. The molecule has 1 aromatic rings. The first-order chi connectivity index (χ1) is 11.9. The molecule has 25 heavy (non-hydrogen) atoms. The average molecular weight is 347 g/mol. The highest BCUT2D eigenvalue weighted by Gasteiger charge is 2.28. The number of hydrogen-bond acceptors (Lipinski definition) is 4. The predicted molar refractivity (Wildman–Crippen MR) is 92.9 cm³/mol. The molecule has 0 aromatic heterocycles. The van der Waals surface area contributed by atoms with Crippen molar-refractivity contribution in [2.45, 2.75) is 26.3 Å². The smallest absolute Gasteiger partial charge is 0.325 e. The summed E-state index contributed by atoms with van der Waals surface area (Å²) in [5, 5.41) is 2.44. The van der Waals surface area contributed by atoms with E-state index in [-0.39, 0.29) is 31.6 Å². The fourth-order valence-electron chi connectivity index (χ4n) is 2.97. The number of esters is 1. The molecule has 3 amide bonds. The van der Waals surface area contributed by atoms with Crippen LogP contribution < -0.4 is 5.32 Å². The zero-order chi connectivity index (χ0) is 18.4. The molecule has 136 valence electrons. The predicted octanol–water partition coefficient (Wildman–Crippen LogP) is 1.34. The maximum absolute atomic E-state index is 12.6. The number of ether oxygens (including phenoxy) is 1. The van der Waals surface area contributed by atoms with Crippen LogP contribution in [0.1, 0.15) is 31.0 Å². The molecule has 1 aliphatic heterocycles. The molecule has 7 nitrogen and oxygen atoms in total. The van der Waals surface area contributed by atoms with Gasteiger partial charge in [0.15, 0.2) is 0 Å². The molecular weight excluding hydrogens is 322 g/mol. The Morgan fingerprint density at radius 3 is 2.76 bits per heavy atom. The maximum Gasteiger partial charge on any atom is 0.325 e. The summed E-state index contributed by atoms with van der Waals surface area (Å²) in [5.74, 6) is -0.618. The zero-order valence-electron chi connectivity index (χ0n) is 14.9. The van der Waals surface area contributed by atoms with E-state index in [4.69, 9.17) is 4.74 Å². The van der Waals surface area contributed by atoms with E-state index in [9.17, 15) is 14.4 Å². The van der Waals surface area contributed by atoms with Gasteiger partial charge in [-0.2, -0.15) is 0 Å². The van der Waals surface area contributed by atoms with Gasteiger partial charge < -0.3 is 19.9 Å². The number of hydrogen-bond donors (Lipinski definition) is 1. The van der Waals surface area contributed by atoms with Gasteiger partial charge >= 0.3 is 12.0 Å². The fraction of sp³-hybridized carbons (Fsp3) is 0.500. The number of nitrogens with zero attached hydrogens (tertiary/aromatic N) is 2. The Balaban J connectivity index is 1.89. The third-order valence-corrected chi connectivity index (χ3v) is 4.32. The Labute approximate surface area is 147 Å². The summed E-state index contributed by atoms with van der Waals surface area (Å²) >= 11 is 0. The Kier molecular flexibility index (Phi) is 6.38. The van der Waals surface area contributed by atoms with Crippen molar-refractivity contribution in [3.63, 3.8) is 0 Å². The number of carbonyl (C=O) groups is 3. The second-order valence-corrected chi connectivity index (χ2v) is 6.03. The summed E-state index contributed by atoms with van der Waals surface area (Å²) in [6.45, 7) is 4.34. The van der Waals surface area contributed by atoms with E-state index >= 15 is 0 Å². The monoisotopic (exact) mass is 347 g/mol. The minimum atomic E-state index is -0.503. The van der Waals surface area contributed by atoms with Gasteiger partial charge in [0.05, 0.1) is 12.6 Å². The van der Waals surface area contributed by atoms with Crippen molar-refractivity contribution >= 4 is 17.9 Å². The van der Waals surface area contributed by atoms with Crippen LogP contribution in [0, 0.1) is 0 Å². The molecule has 7 heteroatoms. The first-order valence-electron chi connectivity index (χ1n) is 8.45. The minimum Gasteiger partial charge on any atom is -0.465 e. The molecule has 0 saturated heterocycles. The molecule has 1 atom stereocenters. The van der Waals surface area contributed by atoms with Gasteiger partial charge in [-0.3, -0.25) is 9.59 Å². The summed E-state index contributed by atoms with van der Waals surface area (Å²) in [6.07, 6.45) is 0.811. The molecule has 1 N–H and O–H groups in total. The van der Waals surface area contributed by atoms with Crippen molar-refractivity contribution in [1.82, 2.24) is 15.1 Å². The van der Waals surface area contributed by atoms with Crippen LogP contribution in [0.5, 0.6) is 0 Å². The molecule has 0 bridgehead atoms. The van der Waals surface area contributed by atoms with Gasteiger partial charge in [0.2, 0.25) is 5.91 Å². The molecule has 0 fully saturated rings. The van der Waals surface area contributed by atoms with E-state index < -0.39 is 12.0 Å². The number of likely N-dealkylation sites (N-methyl/N-ethyl adjacent to an activating group) is 1. The van der Waals surface area contributed by atoms with E-state index in [1.807, 2.05) is 25.1 Å². The van der Waals surface area contributed by atoms with Crippen LogP contribution in [-0.2, 0) is 20.7 Å². The summed E-state index contributed by atoms with van der Waals surface area (Å²) in [4.78, 5) is 38.9. The highest BCUT2D eigenvalue weighted by molar-refractivity contribution is 5.86. The van der Waals surface area contributed by atoms with Gasteiger partial charge in [0.1, 0.15) is 13.1 Å². The summed E-state index contributed by atoms with van der Waals surface area (Å²) < 4.78 is 4.75. The summed E-state index contributed by atoms with van der Waals surface area (Å²) in [6, 6.07) is 7.60. The van der Waals surface area contributed by atoms with Crippen molar-refractivity contribution in [1.29, 1.82) is 0 Å². The Hall–Kier alpha value is -2.57. The number of nitrogens with one attached hydrogen (secondary N) is 1. The van der Waals surface area contributed by atoms with E-state index in [2.05, 4.69) is 11.4 Å². The van der Waals surface area contributed by atoms with Crippen LogP contribution in [0.3, 0.4) is 0 Å². The lowest BCUT2D eigenvalue weighted by molar-refractivity contribution is -0.141. The third kappa shape index (κ3) is 4.71. The van der Waals surface area contributed by atoms with Crippen molar-refractivity contribution in [3.8, 4) is 0 Å². The molecule has 0 aliphatic carbocycles. The van der Waals surface area contributed by atoms with E-state index in [1.165, 1.54) is 17.5 Å².